The van der Waals surface area contributed by atoms with E-state index in [-0.39, 0.29) is 6.04 Å². The molecule has 2 heterocycles. The molecule has 0 saturated heterocycles. The van der Waals surface area contributed by atoms with Crippen LogP contribution in [0.5, 0.6) is 0 Å². The van der Waals surface area contributed by atoms with Gasteiger partial charge in [0.1, 0.15) is 0 Å². The summed E-state index contributed by atoms with van der Waals surface area (Å²) in [6, 6.07) is 2.13. The van der Waals surface area contributed by atoms with Crippen molar-refractivity contribution in [3.05, 3.63) is 38.6 Å². The third-order valence-corrected chi connectivity index (χ3v) is 4.35. The van der Waals surface area contributed by atoms with Gasteiger partial charge in [-0.05, 0) is 39.3 Å². The van der Waals surface area contributed by atoms with Crippen molar-refractivity contribution < 1.29 is 0 Å². The van der Waals surface area contributed by atoms with Gasteiger partial charge in [-0.2, -0.15) is 0 Å². The molecule has 0 amide bonds. The Hall–Kier alpha value is -1.13. The summed E-state index contributed by atoms with van der Waals surface area (Å²) in [5.41, 5.74) is 3.08. The van der Waals surface area contributed by atoms with Gasteiger partial charge in [-0.15, -0.1) is 11.3 Å². The molecule has 1 unspecified atom stereocenters. The summed E-state index contributed by atoms with van der Waals surface area (Å²) in [6.07, 6.45) is 1.72. The molecule has 0 saturated carbocycles. The van der Waals surface area contributed by atoms with Gasteiger partial charge in [0.15, 0.2) is 5.15 Å². The lowest BCUT2D eigenvalue weighted by Gasteiger charge is -2.16. The van der Waals surface area contributed by atoms with E-state index in [0.29, 0.717) is 5.15 Å². The van der Waals surface area contributed by atoms with Crippen molar-refractivity contribution >= 4 is 28.6 Å². The predicted octanol–water partition coefficient (Wildman–Crippen LogP) is 4.29. The fourth-order valence-corrected chi connectivity index (χ4v) is 3.12. The summed E-state index contributed by atoms with van der Waals surface area (Å²) in [5.74, 6) is 0. The van der Waals surface area contributed by atoms with Crippen molar-refractivity contribution in [1.29, 1.82) is 0 Å². The lowest BCUT2D eigenvalue weighted by atomic mass is 10.2. The first-order valence-electron chi connectivity index (χ1n) is 5.80. The highest BCUT2D eigenvalue weighted by molar-refractivity contribution is 7.11. The van der Waals surface area contributed by atoms with Gasteiger partial charge in [-0.1, -0.05) is 11.6 Å². The summed E-state index contributed by atoms with van der Waals surface area (Å²) in [7, 11) is 0. The second-order valence-electron chi connectivity index (χ2n) is 4.34. The maximum atomic E-state index is 6.12. The number of nitrogens with zero attached hydrogens (tertiary/aromatic N) is 2. The maximum Gasteiger partial charge on any atom is 0.152 e. The molecule has 0 spiro atoms. The third-order valence-electron chi connectivity index (χ3n) is 2.81. The molecule has 0 aliphatic rings. The van der Waals surface area contributed by atoms with Crippen molar-refractivity contribution in [2.45, 2.75) is 33.7 Å². The Morgan fingerprint density at radius 3 is 2.61 bits per heavy atom. The summed E-state index contributed by atoms with van der Waals surface area (Å²) in [4.78, 5) is 9.80. The SMILES string of the molecule is Cc1nc(C)c(C(C)Nc2c(C)ccnc2Cl)s1. The molecule has 3 nitrogen and oxygen atoms in total. The highest BCUT2D eigenvalue weighted by atomic mass is 35.5. The van der Waals surface area contributed by atoms with E-state index in [0.717, 1.165) is 22.0 Å². The molecule has 2 aromatic rings. The maximum absolute atomic E-state index is 6.12. The Morgan fingerprint density at radius 2 is 2.06 bits per heavy atom. The summed E-state index contributed by atoms with van der Waals surface area (Å²) < 4.78 is 0. The molecule has 5 heteroatoms. The highest BCUT2D eigenvalue weighted by Gasteiger charge is 2.15. The molecule has 0 aliphatic heterocycles. The first-order chi connectivity index (χ1) is 8.49. The minimum absolute atomic E-state index is 0.177. The van der Waals surface area contributed by atoms with Crippen LogP contribution >= 0.6 is 22.9 Å². The first kappa shape index (κ1) is 13.3. The van der Waals surface area contributed by atoms with E-state index in [2.05, 4.69) is 22.2 Å². The fourth-order valence-electron chi connectivity index (χ4n) is 1.93. The number of nitrogens with one attached hydrogen (secondary N) is 1. The third kappa shape index (κ3) is 2.65. The van der Waals surface area contributed by atoms with Crippen LogP contribution in [0.25, 0.3) is 0 Å². The second-order valence-corrected chi connectivity index (χ2v) is 5.94. The Kier molecular flexibility index (Phi) is 3.88. The number of halogens is 1. The number of hydrogen-bond acceptors (Lipinski definition) is 4. The Bertz CT molecular complexity index is 545. The zero-order valence-electron chi connectivity index (χ0n) is 10.9. The molecule has 96 valence electrons. The second kappa shape index (κ2) is 5.24. The predicted molar refractivity (Wildman–Crippen MR) is 77.6 cm³/mol. The molecule has 1 N–H and O–H groups in total. The summed E-state index contributed by atoms with van der Waals surface area (Å²) >= 11 is 7.84. The van der Waals surface area contributed by atoms with E-state index < -0.39 is 0 Å². The molecule has 2 aromatic heterocycles. The Labute approximate surface area is 116 Å². The van der Waals surface area contributed by atoms with Crippen LogP contribution in [-0.4, -0.2) is 9.97 Å². The molecular weight excluding hydrogens is 266 g/mol. The van der Waals surface area contributed by atoms with Crippen LogP contribution in [0.4, 0.5) is 5.69 Å². The fraction of sp³-hybridized carbons (Fsp3) is 0.385. The van der Waals surface area contributed by atoms with Crippen LogP contribution in [-0.2, 0) is 0 Å². The van der Waals surface area contributed by atoms with E-state index >= 15 is 0 Å². The van der Waals surface area contributed by atoms with Gasteiger partial charge in [0, 0.05) is 11.1 Å². The number of aryl methyl sites for hydroxylation is 3. The van der Waals surface area contributed by atoms with Crippen molar-refractivity contribution in [3.8, 4) is 0 Å². The molecule has 0 aromatic carbocycles. The molecule has 0 bridgehead atoms. The van der Waals surface area contributed by atoms with Crippen LogP contribution in [0.1, 0.15) is 34.1 Å². The number of pyridine rings is 1. The van der Waals surface area contributed by atoms with Gasteiger partial charge in [0.2, 0.25) is 0 Å². The van der Waals surface area contributed by atoms with Crippen molar-refractivity contribution in [2.75, 3.05) is 5.32 Å². The zero-order valence-corrected chi connectivity index (χ0v) is 12.5. The topological polar surface area (TPSA) is 37.8 Å². The minimum Gasteiger partial charge on any atom is -0.375 e. The largest absolute Gasteiger partial charge is 0.375 e. The van der Waals surface area contributed by atoms with E-state index in [4.69, 9.17) is 11.6 Å². The molecule has 0 aliphatic carbocycles. The highest BCUT2D eigenvalue weighted by Crippen LogP contribution is 2.31. The van der Waals surface area contributed by atoms with Gasteiger partial charge >= 0.3 is 0 Å². The summed E-state index contributed by atoms with van der Waals surface area (Å²) in [5, 5.41) is 5.03. The van der Waals surface area contributed by atoms with Gasteiger partial charge in [-0.3, -0.25) is 0 Å². The molecule has 0 fully saturated rings. The smallest absolute Gasteiger partial charge is 0.152 e. The van der Waals surface area contributed by atoms with Crippen LogP contribution in [0.2, 0.25) is 5.15 Å². The van der Waals surface area contributed by atoms with Gasteiger partial charge in [0.05, 0.1) is 22.4 Å². The lowest BCUT2D eigenvalue weighted by molar-refractivity contribution is 0.885. The normalized spacial score (nSPS) is 12.5. The number of anilines is 1. The van der Waals surface area contributed by atoms with Crippen molar-refractivity contribution in [3.63, 3.8) is 0 Å². The lowest BCUT2D eigenvalue weighted by Crippen LogP contribution is -2.08. The van der Waals surface area contributed by atoms with Crippen molar-refractivity contribution in [2.24, 2.45) is 0 Å². The average Bonchev–Trinajstić information content (AvgIpc) is 2.63. The van der Waals surface area contributed by atoms with Crippen molar-refractivity contribution in [1.82, 2.24) is 9.97 Å². The quantitative estimate of drug-likeness (QED) is 0.853. The van der Waals surface area contributed by atoms with Crippen LogP contribution in [0, 0.1) is 20.8 Å². The number of hydrogen-bond donors (Lipinski definition) is 1. The van der Waals surface area contributed by atoms with Crippen LogP contribution < -0.4 is 5.32 Å². The van der Waals surface area contributed by atoms with Crippen LogP contribution in [0.15, 0.2) is 12.3 Å². The Morgan fingerprint density at radius 1 is 1.33 bits per heavy atom. The Balaban J connectivity index is 2.26. The van der Waals surface area contributed by atoms with E-state index in [1.807, 2.05) is 26.8 Å². The number of thiazole rings is 1. The molecular formula is C13H16ClN3S. The van der Waals surface area contributed by atoms with E-state index in [9.17, 15) is 0 Å². The molecule has 1 atom stereocenters. The molecule has 2 rings (SSSR count). The van der Waals surface area contributed by atoms with Gasteiger partial charge < -0.3 is 5.32 Å². The molecule has 0 radical (unpaired) electrons. The van der Waals surface area contributed by atoms with E-state index in [1.54, 1.807) is 17.5 Å². The molecule has 18 heavy (non-hydrogen) atoms. The van der Waals surface area contributed by atoms with Crippen LogP contribution in [0.3, 0.4) is 0 Å². The first-order valence-corrected chi connectivity index (χ1v) is 7.00. The monoisotopic (exact) mass is 281 g/mol. The van der Waals surface area contributed by atoms with Gasteiger partial charge in [-0.25, -0.2) is 9.97 Å². The summed E-state index contributed by atoms with van der Waals surface area (Å²) in [6.45, 7) is 8.20. The average molecular weight is 282 g/mol. The zero-order chi connectivity index (χ0) is 13.3. The standard InChI is InChI=1S/C13H16ClN3S/c1-7-5-6-15-13(14)11(7)17-9(3)12-8(2)16-10(4)18-12/h5-6,9,17H,1-4H3. The van der Waals surface area contributed by atoms with Gasteiger partial charge in [0.25, 0.3) is 0 Å². The minimum atomic E-state index is 0.177. The van der Waals surface area contributed by atoms with E-state index in [1.165, 1.54) is 4.88 Å². The number of rotatable bonds is 3. The number of aromatic nitrogens is 2.